The molecule has 6 heteroatoms. The van der Waals surface area contributed by atoms with E-state index in [1.807, 2.05) is 24.3 Å². The summed E-state index contributed by atoms with van der Waals surface area (Å²) in [5, 5.41) is 6.07. The van der Waals surface area contributed by atoms with E-state index in [0.717, 1.165) is 5.56 Å². The van der Waals surface area contributed by atoms with Gasteiger partial charge in [0.2, 0.25) is 0 Å². The molecule has 0 saturated heterocycles. The molecule has 2 N–H and O–H groups in total. The Bertz CT molecular complexity index is 851. The van der Waals surface area contributed by atoms with Gasteiger partial charge in [-0.2, -0.15) is 0 Å². The number of nitrogens with zero attached hydrogens (tertiary/aromatic N) is 3. The van der Waals surface area contributed by atoms with Crippen molar-refractivity contribution < 1.29 is 4.79 Å². The third-order valence-electron chi connectivity index (χ3n) is 3.82. The molecule has 2 aromatic heterocycles. The number of hydrogen-bond donors (Lipinski definition) is 2. The number of aryl methyl sites for hydroxylation is 1. The van der Waals surface area contributed by atoms with Gasteiger partial charge < -0.3 is 10.6 Å². The molecule has 126 valence electrons. The third-order valence-corrected chi connectivity index (χ3v) is 3.82. The first-order valence-electron chi connectivity index (χ1n) is 8.00. The Kier molecular flexibility index (Phi) is 5.31. The molecule has 3 rings (SSSR count). The molecule has 0 bridgehead atoms. The first-order valence-corrected chi connectivity index (χ1v) is 8.00. The van der Waals surface area contributed by atoms with Gasteiger partial charge in [-0.05, 0) is 35.7 Å². The van der Waals surface area contributed by atoms with E-state index in [1.165, 1.54) is 17.5 Å². The summed E-state index contributed by atoms with van der Waals surface area (Å²) in [6.45, 7) is 3.13. The fourth-order valence-corrected chi connectivity index (χ4v) is 2.35. The van der Waals surface area contributed by atoms with Gasteiger partial charge in [0.05, 0.1) is 0 Å². The average Bonchev–Trinajstić information content (AvgIpc) is 2.66. The van der Waals surface area contributed by atoms with Crippen LogP contribution in [0.5, 0.6) is 0 Å². The van der Waals surface area contributed by atoms with Gasteiger partial charge in [0.15, 0.2) is 0 Å². The number of benzene rings is 1. The van der Waals surface area contributed by atoms with Crippen molar-refractivity contribution in [2.24, 2.45) is 0 Å². The highest BCUT2D eigenvalue weighted by molar-refractivity contribution is 5.92. The van der Waals surface area contributed by atoms with Crippen LogP contribution in [0.1, 0.15) is 27.2 Å². The van der Waals surface area contributed by atoms with Crippen LogP contribution >= 0.6 is 0 Å². The van der Waals surface area contributed by atoms with E-state index in [4.69, 9.17) is 0 Å². The molecule has 1 aromatic carbocycles. The maximum atomic E-state index is 12.3. The van der Waals surface area contributed by atoms with Crippen molar-refractivity contribution in [3.8, 4) is 0 Å². The third kappa shape index (κ3) is 4.60. The lowest BCUT2D eigenvalue weighted by molar-refractivity contribution is 0.0946. The zero-order valence-corrected chi connectivity index (χ0v) is 13.9. The largest absolute Gasteiger partial charge is 0.366 e. The second-order valence-corrected chi connectivity index (χ2v) is 5.61. The van der Waals surface area contributed by atoms with Crippen molar-refractivity contribution in [3.05, 3.63) is 83.6 Å². The van der Waals surface area contributed by atoms with E-state index in [9.17, 15) is 4.79 Å². The lowest BCUT2D eigenvalue weighted by Crippen LogP contribution is -2.24. The molecule has 2 heterocycles. The maximum Gasteiger partial charge on any atom is 0.270 e. The standard InChI is InChI=1S/C19H19N5O/c1-14-4-2-3-5-16(14)12-21-18-10-17(23-13-24-18)19(25)22-11-15-6-8-20-9-7-15/h2-10,13H,11-12H2,1H3,(H,22,25)(H,21,23,24). The number of carbonyl (C=O) groups excluding carboxylic acids is 1. The highest BCUT2D eigenvalue weighted by atomic mass is 16.1. The van der Waals surface area contributed by atoms with Crippen LogP contribution in [0.3, 0.4) is 0 Å². The van der Waals surface area contributed by atoms with Crippen molar-refractivity contribution in [1.82, 2.24) is 20.3 Å². The summed E-state index contributed by atoms with van der Waals surface area (Å²) >= 11 is 0. The first kappa shape index (κ1) is 16.6. The van der Waals surface area contributed by atoms with Crippen LogP contribution < -0.4 is 10.6 Å². The molecular formula is C19H19N5O. The van der Waals surface area contributed by atoms with E-state index in [2.05, 4.69) is 44.6 Å². The Morgan fingerprint density at radius 1 is 1.04 bits per heavy atom. The Morgan fingerprint density at radius 2 is 1.84 bits per heavy atom. The van der Waals surface area contributed by atoms with Crippen molar-refractivity contribution in [1.29, 1.82) is 0 Å². The Balaban J connectivity index is 1.61. The number of aromatic nitrogens is 3. The molecule has 0 aliphatic carbocycles. The molecule has 1 amide bonds. The number of nitrogens with one attached hydrogen (secondary N) is 2. The molecule has 3 aromatic rings. The number of anilines is 1. The van der Waals surface area contributed by atoms with Crippen LogP contribution in [0.25, 0.3) is 0 Å². The number of carbonyl (C=O) groups is 1. The highest BCUT2D eigenvalue weighted by Gasteiger charge is 2.08. The van der Waals surface area contributed by atoms with E-state index in [-0.39, 0.29) is 5.91 Å². The quantitative estimate of drug-likeness (QED) is 0.725. The molecule has 25 heavy (non-hydrogen) atoms. The highest BCUT2D eigenvalue weighted by Crippen LogP contribution is 2.11. The van der Waals surface area contributed by atoms with Gasteiger partial charge in [-0.15, -0.1) is 0 Å². The summed E-state index contributed by atoms with van der Waals surface area (Å²) in [7, 11) is 0. The molecule has 0 radical (unpaired) electrons. The van der Waals surface area contributed by atoms with Crippen LogP contribution in [0.15, 0.2) is 61.2 Å². The number of amides is 1. The van der Waals surface area contributed by atoms with Crippen LogP contribution in [0, 0.1) is 6.92 Å². The van der Waals surface area contributed by atoms with E-state index >= 15 is 0 Å². The summed E-state index contributed by atoms with van der Waals surface area (Å²) in [5.41, 5.74) is 3.70. The lowest BCUT2D eigenvalue weighted by atomic mass is 10.1. The Labute approximate surface area is 146 Å². The summed E-state index contributed by atoms with van der Waals surface area (Å²) in [5.74, 6) is 0.380. The summed E-state index contributed by atoms with van der Waals surface area (Å²) in [6, 6.07) is 13.5. The smallest absolute Gasteiger partial charge is 0.270 e. The van der Waals surface area contributed by atoms with Gasteiger partial charge in [0.1, 0.15) is 17.8 Å². The van der Waals surface area contributed by atoms with Crippen molar-refractivity contribution in [2.75, 3.05) is 5.32 Å². The minimum atomic E-state index is -0.238. The van der Waals surface area contributed by atoms with Gasteiger partial charge in [-0.25, -0.2) is 9.97 Å². The van der Waals surface area contributed by atoms with Crippen LogP contribution in [-0.2, 0) is 13.1 Å². The van der Waals surface area contributed by atoms with Gasteiger partial charge in [-0.3, -0.25) is 9.78 Å². The minimum Gasteiger partial charge on any atom is -0.366 e. The van der Waals surface area contributed by atoms with E-state index < -0.39 is 0 Å². The van der Waals surface area contributed by atoms with Crippen LogP contribution in [-0.4, -0.2) is 20.9 Å². The molecule has 0 saturated carbocycles. The molecule has 0 atom stereocenters. The monoisotopic (exact) mass is 333 g/mol. The Morgan fingerprint density at radius 3 is 2.64 bits per heavy atom. The zero-order chi connectivity index (χ0) is 17.5. The second kappa shape index (κ2) is 8.01. The normalized spacial score (nSPS) is 10.3. The summed E-state index contributed by atoms with van der Waals surface area (Å²) < 4.78 is 0. The number of pyridine rings is 1. The van der Waals surface area contributed by atoms with Crippen LogP contribution in [0.2, 0.25) is 0 Å². The van der Waals surface area contributed by atoms with Crippen LogP contribution in [0.4, 0.5) is 5.82 Å². The van der Waals surface area contributed by atoms with Crippen molar-refractivity contribution >= 4 is 11.7 Å². The predicted molar refractivity (Wildman–Crippen MR) is 95.9 cm³/mol. The number of rotatable bonds is 6. The summed E-state index contributed by atoms with van der Waals surface area (Å²) in [6.07, 6.45) is 4.78. The van der Waals surface area contributed by atoms with E-state index in [1.54, 1.807) is 18.5 Å². The molecular weight excluding hydrogens is 314 g/mol. The molecule has 6 nitrogen and oxygen atoms in total. The first-order chi connectivity index (χ1) is 12.2. The van der Waals surface area contributed by atoms with Crippen molar-refractivity contribution in [3.63, 3.8) is 0 Å². The molecule has 0 spiro atoms. The molecule has 0 fully saturated rings. The van der Waals surface area contributed by atoms with E-state index in [0.29, 0.717) is 24.6 Å². The van der Waals surface area contributed by atoms with Crippen molar-refractivity contribution in [2.45, 2.75) is 20.0 Å². The fraction of sp³-hybridized carbons (Fsp3) is 0.158. The molecule has 0 aliphatic rings. The molecule has 0 aliphatic heterocycles. The Hall–Kier alpha value is -3.28. The van der Waals surface area contributed by atoms with Gasteiger partial charge >= 0.3 is 0 Å². The average molecular weight is 333 g/mol. The van der Waals surface area contributed by atoms with Gasteiger partial charge in [-0.1, -0.05) is 24.3 Å². The second-order valence-electron chi connectivity index (χ2n) is 5.61. The van der Waals surface area contributed by atoms with Gasteiger partial charge in [0.25, 0.3) is 5.91 Å². The fourth-order valence-electron chi connectivity index (χ4n) is 2.35. The predicted octanol–water partition coefficient (Wildman–Crippen LogP) is 2.72. The maximum absolute atomic E-state index is 12.3. The zero-order valence-electron chi connectivity index (χ0n) is 13.9. The van der Waals surface area contributed by atoms with Gasteiger partial charge in [0, 0.05) is 31.5 Å². The minimum absolute atomic E-state index is 0.238. The number of hydrogen-bond acceptors (Lipinski definition) is 5. The SMILES string of the molecule is Cc1ccccc1CNc1cc(C(=O)NCc2ccncc2)ncn1. The molecule has 0 unspecified atom stereocenters. The topological polar surface area (TPSA) is 79.8 Å². The lowest BCUT2D eigenvalue weighted by Gasteiger charge is -2.09. The summed E-state index contributed by atoms with van der Waals surface area (Å²) in [4.78, 5) is 24.4.